The van der Waals surface area contributed by atoms with Crippen molar-refractivity contribution in [3.8, 4) is 0 Å². The van der Waals surface area contributed by atoms with Crippen LogP contribution in [0.25, 0.3) is 0 Å². The van der Waals surface area contributed by atoms with Gasteiger partial charge in [0, 0.05) is 44.4 Å². The van der Waals surface area contributed by atoms with Crippen LogP contribution in [0, 0.1) is 16.0 Å². The normalized spacial score (nSPS) is 19.8. The van der Waals surface area contributed by atoms with E-state index in [2.05, 4.69) is 4.90 Å². The van der Waals surface area contributed by atoms with E-state index in [9.17, 15) is 14.9 Å². The lowest BCUT2D eigenvalue weighted by molar-refractivity contribution is -0.385. The summed E-state index contributed by atoms with van der Waals surface area (Å²) in [7, 11) is 0. The number of amides is 1. The number of hydrogen-bond acceptors (Lipinski definition) is 4. The van der Waals surface area contributed by atoms with E-state index < -0.39 is 4.92 Å². The van der Waals surface area contributed by atoms with Gasteiger partial charge < -0.3 is 4.90 Å². The lowest BCUT2D eigenvalue weighted by Crippen LogP contribution is -2.50. The molecule has 1 saturated heterocycles. The molecule has 0 bridgehead atoms. The first-order chi connectivity index (χ1) is 12.1. The number of rotatable bonds is 5. The largest absolute Gasteiger partial charge is 0.340 e. The lowest BCUT2D eigenvalue weighted by atomic mass is 9.89. The molecule has 2 aliphatic rings. The molecule has 0 aromatic heterocycles. The van der Waals surface area contributed by atoms with Crippen molar-refractivity contribution in [2.45, 2.75) is 38.5 Å². The summed E-state index contributed by atoms with van der Waals surface area (Å²) < 4.78 is 0. The van der Waals surface area contributed by atoms with E-state index >= 15 is 0 Å². The van der Waals surface area contributed by atoms with Crippen LogP contribution < -0.4 is 0 Å². The Hall–Kier alpha value is -1.95. The third kappa shape index (κ3) is 4.78. The summed E-state index contributed by atoms with van der Waals surface area (Å²) in [6, 6.07) is 6.52. The van der Waals surface area contributed by atoms with Crippen molar-refractivity contribution < 1.29 is 9.72 Å². The highest BCUT2D eigenvalue weighted by atomic mass is 16.6. The Morgan fingerprint density at radius 1 is 1.08 bits per heavy atom. The standard InChI is InChI=1S/C19H27N3O3/c23-19(14-17-8-4-5-9-18(17)22(24)25)21-12-10-20(11-13-21)15-16-6-2-1-3-7-16/h4-5,8-9,16H,1-3,6-7,10-15H2. The minimum absolute atomic E-state index is 0.00776. The Morgan fingerprint density at radius 3 is 2.44 bits per heavy atom. The molecular formula is C19H27N3O3. The van der Waals surface area contributed by atoms with Gasteiger partial charge in [-0.1, -0.05) is 37.5 Å². The molecule has 136 valence electrons. The Balaban J connectivity index is 1.49. The number of nitro groups is 1. The van der Waals surface area contributed by atoms with E-state index in [-0.39, 0.29) is 18.0 Å². The number of piperazine rings is 1. The SMILES string of the molecule is O=C(Cc1ccccc1[N+](=O)[O-])N1CCN(CC2CCCCC2)CC1. The molecule has 25 heavy (non-hydrogen) atoms. The summed E-state index contributed by atoms with van der Waals surface area (Å²) in [6.07, 6.45) is 6.90. The second-order valence-electron chi connectivity index (χ2n) is 7.25. The van der Waals surface area contributed by atoms with Crippen LogP contribution in [0.5, 0.6) is 0 Å². The fourth-order valence-electron chi connectivity index (χ4n) is 4.03. The van der Waals surface area contributed by atoms with Gasteiger partial charge in [0.05, 0.1) is 11.3 Å². The van der Waals surface area contributed by atoms with Gasteiger partial charge in [0.25, 0.3) is 5.69 Å². The van der Waals surface area contributed by atoms with E-state index in [0.29, 0.717) is 5.56 Å². The number of carbonyl (C=O) groups excluding carboxylic acids is 1. The van der Waals surface area contributed by atoms with Crippen LogP contribution in [0.1, 0.15) is 37.7 Å². The Labute approximate surface area is 148 Å². The van der Waals surface area contributed by atoms with Crippen molar-refractivity contribution in [3.05, 3.63) is 39.9 Å². The van der Waals surface area contributed by atoms with Crippen molar-refractivity contribution in [2.75, 3.05) is 32.7 Å². The average molecular weight is 345 g/mol. The topological polar surface area (TPSA) is 66.7 Å². The number of nitrogens with zero attached hydrogens (tertiary/aromatic N) is 3. The summed E-state index contributed by atoms with van der Waals surface area (Å²) in [6.45, 7) is 4.45. The van der Waals surface area contributed by atoms with Gasteiger partial charge >= 0.3 is 0 Å². The molecule has 0 unspecified atom stereocenters. The quantitative estimate of drug-likeness (QED) is 0.608. The third-order valence-corrected chi connectivity index (χ3v) is 5.50. The van der Waals surface area contributed by atoms with Crippen molar-refractivity contribution in [3.63, 3.8) is 0 Å². The molecule has 1 saturated carbocycles. The predicted molar refractivity (Wildman–Crippen MR) is 96.4 cm³/mol. The minimum Gasteiger partial charge on any atom is -0.340 e. The number of hydrogen-bond donors (Lipinski definition) is 0. The van der Waals surface area contributed by atoms with Gasteiger partial charge in [0.1, 0.15) is 0 Å². The molecule has 0 spiro atoms. The Kier molecular flexibility index (Phi) is 6.02. The van der Waals surface area contributed by atoms with Crippen LogP contribution in [0.15, 0.2) is 24.3 Å². The molecular weight excluding hydrogens is 318 g/mol. The smallest absolute Gasteiger partial charge is 0.273 e. The van der Waals surface area contributed by atoms with E-state index in [1.807, 2.05) is 4.90 Å². The van der Waals surface area contributed by atoms with Gasteiger partial charge in [0.2, 0.25) is 5.91 Å². The van der Waals surface area contributed by atoms with Gasteiger partial charge in [-0.2, -0.15) is 0 Å². The first kappa shape index (κ1) is 17.9. The second-order valence-corrected chi connectivity index (χ2v) is 7.25. The molecule has 2 fully saturated rings. The molecule has 1 amide bonds. The maximum Gasteiger partial charge on any atom is 0.273 e. The highest BCUT2D eigenvalue weighted by Crippen LogP contribution is 2.25. The van der Waals surface area contributed by atoms with Crippen LogP contribution in [0.2, 0.25) is 0 Å². The number of para-hydroxylation sites is 1. The average Bonchev–Trinajstić information content (AvgIpc) is 2.63. The van der Waals surface area contributed by atoms with E-state index in [1.165, 1.54) is 38.2 Å². The van der Waals surface area contributed by atoms with Crippen LogP contribution in [-0.2, 0) is 11.2 Å². The molecule has 0 N–H and O–H groups in total. The van der Waals surface area contributed by atoms with Crippen LogP contribution in [0.4, 0.5) is 5.69 Å². The summed E-state index contributed by atoms with van der Waals surface area (Å²) in [5, 5.41) is 11.1. The van der Waals surface area contributed by atoms with Crippen molar-refractivity contribution in [2.24, 2.45) is 5.92 Å². The van der Waals surface area contributed by atoms with E-state index in [1.54, 1.807) is 18.2 Å². The Morgan fingerprint density at radius 2 is 1.76 bits per heavy atom. The Bertz CT molecular complexity index is 606. The highest BCUT2D eigenvalue weighted by molar-refractivity contribution is 5.80. The molecule has 6 heteroatoms. The summed E-state index contributed by atoms with van der Waals surface area (Å²) in [4.78, 5) is 27.5. The van der Waals surface area contributed by atoms with Gasteiger partial charge in [-0.25, -0.2) is 0 Å². The van der Waals surface area contributed by atoms with E-state index in [4.69, 9.17) is 0 Å². The molecule has 1 aliphatic carbocycles. The summed E-state index contributed by atoms with van der Waals surface area (Å²) >= 11 is 0. The van der Waals surface area contributed by atoms with Gasteiger partial charge in [0.15, 0.2) is 0 Å². The fraction of sp³-hybridized carbons (Fsp3) is 0.632. The minimum atomic E-state index is -0.412. The zero-order chi connectivity index (χ0) is 17.6. The van der Waals surface area contributed by atoms with E-state index in [0.717, 1.165) is 38.6 Å². The van der Waals surface area contributed by atoms with Crippen molar-refractivity contribution in [1.82, 2.24) is 9.80 Å². The molecule has 1 aromatic carbocycles. The molecule has 1 heterocycles. The molecule has 3 rings (SSSR count). The maximum absolute atomic E-state index is 12.5. The predicted octanol–water partition coefficient (Wildman–Crippen LogP) is 2.86. The van der Waals surface area contributed by atoms with Crippen LogP contribution >= 0.6 is 0 Å². The van der Waals surface area contributed by atoms with Crippen molar-refractivity contribution in [1.29, 1.82) is 0 Å². The van der Waals surface area contributed by atoms with Crippen LogP contribution in [0.3, 0.4) is 0 Å². The van der Waals surface area contributed by atoms with Gasteiger partial charge in [-0.15, -0.1) is 0 Å². The first-order valence-electron chi connectivity index (χ1n) is 9.36. The first-order valence-corrected chi connectivity index (χ1v) is 9.36. The van der Waals surface area contributed by atoms with Crippen molar-refractivity contribution >= 4 is 11.6 Å². The molecule has 0 atom stereocenters. The molecule has 1 aliphatic heterocycles. The molecule has 1 aromatic rings. The zero-order valence-corrected chi connectivity index (χ0v) is 14.7. The summed E-state index contributed by atoms with van der Waals surface area (Å²) in [5.41, 5.74) is 0.536. The zero-order valence-electron chi connectivity index (χ0n) is 14.7. The molecule has 0 radical (unpaired) electrons. The fourth-order valence-corrected chi connectivity index (χ4v) is 4.03. The number of carbonyl (C=O) groups is 1. The summed E-state index contributed by atoms with van der Waals surface area (Å²) in [5.74, 6) is 0.814. The van der Waals surface area contributed by atoms with Gasteiger partial charge in [-0.05, 0) is 18.8 Å². The van der Waals surface area contributed by atoms with Crippen LogP contribution in [-0.4, -0.2) is 53.4 Å². The number of nitro benzene ring substituents is 1. The maximum atomic E-state index is 12.5. The highest BCUT2D eigenvalue weighted by Gasteiger charge is 2.25. The monoisotopic (exact) mass is 345 g/mol. The second kappa shape index (κ2) is 8.43. The molecule has 6 nitrogen and oxygen atoms in total. The lowest BCUT2D eigenvalue weighted by Gasteiger charge is -2.37. The third-order valence-electron chi connectivity index (χ3n) is 5.50. The number of benzene rings is 1. The van der Waals surface area contributed by atoms with Gasteiger partial charge in [-0.3, -0.25) is 19.8 Å².